The first-order valence-corrected chi connectivity index (χ1v) is 6.60. The van der Waals surface area contributed by atoms with Gasteiger partial charge < -0.3 is 9.88 Å². The van der Waals surface area contributed by atoms with Crippen molar-refractivity contribution in [2.24, 2.45) is 0 Å². The summed E-state index contributed by atoms with van der Waals surface area (Å²) in [4.78, 5) is 5.68. The molecule has 17 heavy (non-hydrogen) atoms. The van der Waals surface area contributed by atoms with Gasteiger partial charge >= 0.3 is 0 Å². The van der Waals surface area contributed by atoms with Crippen LogP contribution in [0, 0.1) is 6.20 Å². The summed E-state index contributed by atoms with van der Waals surface area (Å²) in [5.74, 6) is 0. The molecule has 1 heterocycles. The molecule has 0 aliphatic rings. The van der Waals surface area contributed by atoms with Crippen LogP contribution in [0.1, 0.15) is 33.1 Å². The minimum atomic E-state index is 1.11. The van der Waals surface area contributed by atoms with Crippen LogP contribution in [-0.2, 0) is 0 Å². The number of aromatic amines is 1. The molecule has 0 aliphatic carbocycles. The third kappa shape index (κ3) is 2.63. The molecule has 0 saturated carbocycles. The minimum absolute atomic E-state index is 1.11. The fourth-order valence-corrected chi connectivity index (χ4v) is 2.20. The van der Waals surface area contributed by atoms with Gasteiger partial charge in [-0.15, -0.1) is 0 Å². The molecule has 1 aromatic heterocycles. The van der Waals surface area contributed by atoms with Gasteiger partial charge in [-0.3, -0.25) is 0 Å². The van der Waals surface area contributed by atoms with E-state index >= 15 is 0 Å². The first-order chi connectivity index (χ1) is 8.36. The van der Waals surface area contributed by atoms with Crippen molar-refractivity contribution >= 4 is 16.6 Å². The molecule has 0 fully saturated rings. The van der Waals surface area contributed by atoms with Crippen molar-refractivity contribution in [2.45, 2.75) is 33.1 Å². The lowest BCUT2D eigenvalue weighted by molar-refractivity contribution is 0.705. The van der Waals surface area contributed by atoms with E-state index in [0.717, 1.165) is 13.1 Å². The predicted molar refractivity (Wildman–Crippen MR) is 74.5 cm³/mol. The van der Waals surface area contributed by atoms with Crippen molar-refractivity contribution in [3.8, 4) is 0 Å². The number of rotatable bonds is 6. The lowest BCUT2D eigenvalue weighted by Gasteiger charge is -2.23. The monoisotopic (exact) mass is 229 g/mol. The van der Waals surface area contributed by atoms with E-state index in [1.807, 2.05) is 0 Å². The van der Waals surface area contributed by atoms with Crippen LogP contribution in [0.4, 0.5) is 5.69 Å². The molecule has 1 aromatic carbocycles. The number of hydrogen-bond acceptors (Lipinski definition) is 1. The number of nitrogens with one attached hydrogen (secondary N) is 1. The van der Waals surface area contributed by atoms with E-state index in [2.05, 4.69) is 54.2 Å². The van der Waals surface area contributed by atoms with Crippen LogP contribution in [0.2, 0.25) is 0 Å². The van der Waals surface area contributed by atoms with Crippen molar-refractivity contribution in [2.75, 3.05) is 18.0 Å². The normalized spacial score (nSPS) is 10.9. The average molecular weight is 229 g/mol. The molecular weight excluding hydrogens is 208 g/mol. The summed E-state index contributed by atoms with van der Waals surface area (Å²) in [7, 11) is 0. The smallest absolute Gasteiger partial charge is 0.0890 e. The number of para-hydroxylation sites is 1. The molecule has 0 amide bonds. The van der Waals surface area contributed by atoms with Crippen LogP contribution >= 0.6 is 0 Å². The van der Waals surface area contributed by atoms with Crippen molar-refractivity contribution < 1.29 is 0 Å². The summed E-state index contributed by atoms with van der Waals surface area (Å²) in [5.41, 5.74) is 2.41. The summed E-state index contributed by atoms with van der Waals surface area (Å²) in [6, 6.07) is 8.44. The first kappa shape index (κ1) is 12.0. The molecule has 1 radical (unpaired) electrons. The van der Waals surface area contributed by atoms with Gasteiger partial charge in [-0.2, -0.15) is 0 Å². The third-order valence-electron chi connectivity index (χ3n) is 3.09. The Hall–Kier alpha value is -1.44. The number of benzene rings is 1. The van der Waals surface area contributed by atoms with Crippen LogP contribution < -0.4 is 4.90 Å². The Balaban J connectivity index is 2.27. The van der Waals surface area contributed by atoms with Gasteiger partial charge in [0, 0.05) is 24.0 Å². The highest BCUT2D eigenvalue weighted by atomic mass is 15.1. The van der Waals surface area contributed by atoms with Gasteiger partial charge in [0.1, 0.15) is 0 Å². The molecule has 91 valence electrons. The van der Waals surface area contributed by atoms with Crippen molar-refractivity contribution in [1.82, 2.24) is 4.98 Å². The topological polar surface area (TPSA) is 19.0 Å². The molecule has 0 bridgehead atoms. The number of fused-ring (bicyclic) bond motifs is 1. The molecule has 2 aromatic rings. The van der Waals surface area contributed by atoms with Gasteiger partial charge in [-0.1, -0.05) is 38.5 Å². The summed E-state index contributed by atoms with van der Waals surface area (Å²) in [5, 5.41) is 1.29. The van der Waals surface area contributed by atoms with Crippen LogP contribution in [0.5, 0.6) is 0 Å². The molecule has 2 nitrogen and oxygen atoms in total. The Morgan fingerprint density at radius 1 is 1.12 bits per heavy atom. The van der Waals surface area contributed by atoms with Crippen LogP contribution in [-0.4, -0.2) is 18.1 Å². The van der Waals surface area contributed by atoms with Gasteiger partial charge in [-0.05, 0) is 18.9 Å². The number of anilines is 1. The number of aromatic nitrogens is 1. The number of nitrogens with zero attached hydrogens (tertiary/aromatic N) is 1. The molecule has 0 unspecified atom stereocenters. The highest BCUT2D eigenvalue weighted by molar-refractivity contribution is 5.92. The molecule has 2 heteroatoms. The summed E-state index contributed by atoms with van der Waals surface area (Å²) < 4.78 is 0. The Labute approximate surface area is 104 Å². The van der Waals surface area contributed by atoms with E-state index in [-0.39, 0.29) is 0 Å². The first-order valence-electron chi connectivity index (χ1n) is 6.60. The summed E-state index contributed by atoms with van der Waals surface area (Å²) >= 11 is 0. The fraction of sp³-hybridized carbons (Fsp3) is 0.467. The number of hydrogen-bond donors (Lipinski definition) is 1. The average Bonchev–Trinajstić information content (AvgIpc) is 2.78. The second-order valence-corrected chi connectivity index (χ2v) is 4.48. The summed E-state index contributed by atoms with van der Waals surface area (Å²) in [6.07, 6.45) is 6.97. The van der Waals surface area contributed by atoms with E-state index in [1.165, 1.54) is 35.9 Å². The van der Waals surface area contributed by atoms with E-state index in [0.29, 0.717) is 0 Å². The molecule has 2 rings (SSSR count). The van der Waals surface area contributed by atoms with E-state index in [1.54, 1.807) is 0 Å². The molecular formula is C15H21N2. The second-order valence-electron chi connectivity index (χ2n) is 4.48. The van der Waals surface area contributed by atoms with Gasteiger partial charge in [0.05, 0.1) is 11.9 Å². The molecule has 1 N–H and O–H groups in total. The third-order valence-corrected chi connectivity index (χ3v) is 3.09. The quantitative estimate of drug-likeness (QED) is 0.793. The Kier molecular flexibility index (Phi) is 4.08. The van der Waals surface area contributed by atoms with Crippen molar-refractivity contribution in [1.29, 1.82) is 0 Å². The Bertz CT molecular complexity index is 459. The van der Waals surface area contributed by atoms with Gasteiger partial charge in [0.2, 0.25) is 0 Å². The Morgan fingerprint density at radius 3 is 2.71 bits per heavy atom. The van der Waals surface area contributed by atoms with Crippen LogP contribution in [0.25, 0.3) is 10.9 Å². The standard InChI is InChI=1S/C15H21N2/c1-3-5-11-17(10-4-2)15-12-16-14-9-7-6-8-13(14)15/h6-9,16H,3-5,10-11H2,1-2H3. The van der Waals surface area contributed by atoms with E-state index in [9.17, 15) is 0 Å². The van der Waals surface area contributed by atoms with Crippen LogP contribution in [0.15, 0.2) is 24.3 Å². The largest absolute Gasteiger partial charge is 0.369 e. The maximum atomic E-state index is 3.31. The Morgan fingerprint density at radius 2 is 1.94 bits per heavy atom. The van der Waals surface area contributed by atoms with Gasteiger partial charge in [0.15, 0.2) is 0 Å². The number of H-pyrrole nitrogens is 1. The summed E-state index contributed by atoms with van der Waals surface area (Å²) in [6.45, 7) is 6.71. The van der Waals surface area contributed by atoms with Gasteiger partial charge in [0.25, 0.3) is 0 Å². The molecule has 0 aliphatic heterocycles. The van der Waals surface area contributed by atoms with Crippen molar-refractivity contribution in [3.63, 3.8) is 0 Å². The minimum Gasteiger partial charge on any atom is -0.369 e. The zero-order valence-electron chi connectivity index (χ0n) is 10.8. The van der Waals surface area contributed by atoms with E-state index < -0.39 is 0 Å². The molecule has 0 atom stereocenters. The lowest BCUT2D eigenvalue weighted by Crippen LogP contribution is -2.24. The maximum Gasteiger partial charge on any atom is 0.0890 e. The van der Waals surface area contributed by atoms with Gasteiger partial charge in [-0.25, -0.2) is 0 Å². The fourth-order valence-electron chi connectivity index (χ4n) is 2.20. The van der Waals surface area contributed by atoms with Crippen molar-refractivity contribution in [3.05, 3.63) is 30.5 Å². The highest BCUT2D eigenvalue weighted by Crippen LogP contribution is 2.26. The zero-order valence-corrected chi connectivity index (χ0v) is 10.8. The molecule has 0 spiro atoms. The SMILES string of the molecule is CCCCN(CCC)c1[c][nH]c2ccccc12. The molecule has 0 saturated heterocycles. The zero-order chi connectivity index (χ0) is 12.1. The van der Waals surface area contributed by atoms with E-state index in [4.69, 9.17) is 0 Å². The maximum absolute atomic E-state index is 3.31. The second kappa shape index (κ2) is 5.76. The predicted octanol–water partition coefficient (Wildman–Crippen LogP) is 3.98. The lowest BCUT2D eigenvalue weighted by atomic mass is 10.2. The van der Waals surface area contributed by atoms with Crippen LogP contribution in [0.3, 0.4) is 0 Å². The number of unbranched alkanes of at least 4 members (excludes halogenated alkanes) is 1. The highest BCUT2D eigenvalue weighted by Gasteiger charge is 2.10.